The quantitative estimate of drug-likeness (QED) is 0.171. The van der Waals surface area contributed by atoms with Crippen LogP contribution >= 0.6 is 0 Å². The predicted molar refractivity (Wildman–Crippen MR) is 134 cm³/mol. The fraction of sp³-hybridized carbons (Fsp3) is 0.821. The van der Waals surface area contributed by atoms with Crippen LogP contribution in [0.15, 0.2) is 16.1 Å². The largest absolute Gasteiger partial charge is 0.545 e. The number of carboxylic acid groups (broad SMARTS) is 1. The Morgan fingerprint density at radius 3 is 2.73 bits per heavy atom. The summed E-state index contributed by atoms with van der Waals surface area (Å²) < 4.78 is 0. The molecule has 9 nitrogen and oxygen atoms in total. The van der Waals surface area contributed by atoms with Crippen LogP contribution in [0.1, 0.15) is 64.2 Å². The molecule has 1 heterocycles. The standard InChI is InChI=1S/C28H42N4O5/c1-30-24(29)32-12-10-25(15-31-11-13-33)9-8-20-27-17-4-2-3-5-21(34)28(20,37)22(23(35)36)19(27)14-18(7-6-17)26(25,27)16-32/h17-18,20,31,33,37H,2-16H2,1H3,(H2,29,30)(H,35,36)/t17-,18-,20+,25+,26-,27+,28-/m1/s1. The van der Waals surface area contributed by atoms with Gasteiger partial charge in [-0.25, -0.2) is 4.99 Å². The van der Waals surface area contributed by atoms with Gasteiger partial charge in [-0.05, 0) is 56.8 Å². The summed E-state index contributed by atoms with van der Waals surface area (Å²) in [6, 6.07) is 0. The van der Waals surface area contributed by atoms with Crippen molar-refractivity contribution in [2.45, 2.75) is 69.8 Å². The second kappa shape index (κ2) is 8.60. The van der Waals surface area contributed by atoms with E-state index < -0.39 is 22.9 Å². The van der Waals surface area contributed by atoms with Crippen molar-refractivity contribution < 1.29 is 29.8 Å². The van der Waals surface area contributed by atoms with Crippen molar-refractivity contribution in [1.29, 1.82) is 0 Å². The molecular formula is C28H42N4O5. The van der Waals surface area contributed by atoms with Gasteiger partial charge in [0.25, 0.3) is 5.96 Å². The number of piperidine rings is 1. The first-order chi connectivity index (χ1) is 17.7. The molecule has 0 aromatic heterocycles. The van der Waals surface area contributed by atoms with Crippen molar-refractivity contribution >= 4 is 17.7 Å². The number of aliphatic imine (C=N–C) groups is 1. The number of nitrogens with two attached hydrogens (primary N) is 1. The van der Waals surface area contributed by atoms with Crippen LogP contribution in [0.4, 0.5) is 0 Å². The molecule has 6 N–H and O–H groups in total. The Labute approximate surface area is 218 Å². The van der Waals surface area contributed by atoms with E-state index in [4.69, 9.17) is 5.73 Å². The number of carbonyl (C=O) groups excluding carboxylic acids is 2. The van der Waals surface area contributed by atoms with Crippen LogP contribution in [0.25, 0.3) is 0 Å². The number of quaternary nitrogens is 1. The van der Waals surface area contributed by atoms with Crippen LogP contribution in [0.2, 0.25) is 0 Å². The molecule has 3 bridgehead atoms. The van der Waals surface area contributed by atoms with Gasteiger partial charge in [-0.2, -0.15) is 0 Å². The number of likely N-dealkylation sites (tertiary alicyclic amines) is 1. The van der Waals surface area contributed by atoms with Crippen LogP contribution in [-0.2, 0) is 9.59 Å². The van der Waals surface area contributed by atoms with E-state index in [-0.39, 0.29) is 47.0 Å². The molecule has 0 amide bonds. The van der Waals surface area contributed by atoms with E-state index in [0.717, 1.165) is 68.6 Å². The molecule has 1 saturated heterocycles. The lowest BCUT2D eigenvalue weighted by atomic mass is 9.34. The second-order valence-electron chi connectivity index (χ2n) is 12.8. The summed E-state index contributed by atoms with van der Waals surface area (Å²) >= 11 is 0. The lowest BCUT2D eigenvalue weighted by molar-refractivity contribution is -0.832. The van der Waals surface area contributed by atoms with Gasteiger partial charge in [0.2, 0.25) is 0 Å². The van der Waals surface area contributed by atoms with Crippen LogP contribution in [0.5, 0.6) is 0 Å². The summed E-state index contributed by atoms with van der Waals surface area (Å²) in [6.07, 6.45) is 7.76. The highest BCUT2D eigenvalue weighted by molar-refractivity contribution is 6.04. The van der Waals surface area contributed by atoms with Gasteiger partial charge in [-0.3, -0.25) is 9.69 Å². The summed E-state index contributed by atoms with van der Waals surface area (Å²) in [5.41, 5.74) is 4.24. The average molecular weight is 515 g/mol. The number of Topliss-reactive ketones (excluding diaryl/α,β-unsaturated/α-hetero) is 1. The number of aliphatic hydroxyl groups excluding tert-OH is 1. The number of carboxylic acids is 1. The zero-order chi connectivity index (χ0) is 26.2. The molecule has 0 aromatic carbocycles. The van der Waals surface area contributed by atoms with Crippen LogP contribution in [-0.4, -0.2) is 73.4 Å². The SMILES string of the molecule is CN=C(N)[NH+]1CC[C@]2(CNCCO)CC[C@@H]3[C@@]4(O)C(=O)CCCC[C@@H]5CC[C@@H]6CC(=C4C(=O)[O-])[C@@]53[C@]62C1. The highest BCUT2D eigenvalue weighted by Gasteiger charge is 2.85. The summed E-state index contributed by atoms with van der Waals surface area (Å²) in [7, 11) is 1.72. The van der Waals surface area contributed by atoms with Crippen molar-refractivity contribution in [3.05, 3.63) is 11.1 Å². The molecule has 6 aliphatic rings. The van der Waals surface area contributed by atoms with E-state index >= 15 is 0 Å². The first kappa shape index (κ1) is 25.5. The first-order valence-electron chi connectivity index (χ1n) is 14.3. The Hall–Kier alpha value is -1.81. The van der Waals surface area contributed by atoms with Gasteiger partial charge in [-0.15, -0.1) is 0 Å². The Kier molecular flexibility index (Phi) is 5.92. The van der Waals surface area contributed by atoms with E-state index in [2.05, 4.69) is 10.3 Å². The number of rotatable bonds is 5. The summed E-state index contributed by atoms with van der Waals surface area (Å²) in [6.45, 7) is 2.89. The monoisotopic (exact) mass is 514 g/mol. The van der Waals surface area contributed by atoms with Gasteiger partial charge < -0.3 is 31.2 Å². The smallest absolute Gasteiger partial charge is 0.293 e. The molecular weight excluding hydrogens is 472 g/mol. The van der Waals surface area contributed by atoms with E-state index in [0.29, 0.717) is 31.8 Å². The van der Waals surface area contributed by atoms with E-state index in [1.165, 1.54) is 0 Å². The number of aliphatic carboxylic acids is 1. The predicted octanol–water partition coefficient (Wildman–Crippen LogP) is -1.47. The maximum atomic E-state index is 13.8. The lowest BCUT2D eigenvalue weighted by Gasteiger charge is -2.71. The zero-order valence-corrected chi connectivity index (χ0v) is 22.0. The highest BCUT2D eigenvalue weighted by atomic mass is 16.4. The minimum atomic E-state index is -1.97. The van der Waals surface area contributed by atoms with Crippen molar-refractivity contribution in [1.82, 2.24) is 5.32 Å². The molecule has 2 spiro atoms. The van der Waals surface area contributed by atoms with Gasteiger partial charge in [0, 0.05) is 60.7 Å². The summed E-state index contributed by atoms with van der Waals surface area (Å²) in [5.74, 6) is -1.08. The highest BCUT2D eigenvalue weighted by Crippen LogP contribution is 2.84. The molecule has 1 unspecified atom stereocenters. The molecule has 4 saturated carbocycles. The number of hydrogen-bond acceptors (Lipinski definition) is 7. The van der Waals surface area contributed by atoms with Crippen molar-refractivity contribution in [2.24, 2.45) is 44.7 Å². The number of aliphatic hydroxyl groups is 2. The van der Waals surface area contributed by atoms with Crippen LogP contribution < -0.4 is 21.1 Å². The molecule has 8 atom stereocenters. The van der Waals surface area contributed by atoms with Gasteiger partial charge in [0.15, 0.2) is 11.4 Å². The molecule has 6 rings (SSSR count). The Morgan fingerprint density at radius 1 is 1.22 bits per heavy atom. The molecule has 0 radical (unpaired) electrons. The number of nitrogens with one attached hydrogen (secondary N) is 2. The van der Waals surface area contributed by atoms with E-state index in [1.54, 1.807) is 7.05 Å². The van der Waals surface area contributed by atoms with Gasteiger partial charge >= 0.3 is 0 Å². The zero-order valence-electron chi connectivity index (χ0n) is 22.0. The molecule has 1 aliphatic heterocycles. The number of guanidine groups is 1. The molecule has 5 aliphatic carbocycles. The number of hydrogen-bond donors (Lipinski definition) is 5. The maximum Gasteiger partial charge on any atom is 0.293 e. The van der Waals surface area contributed by atoms with Crippen LogP contribution in [0, 0.1) is 34.0 Å². The maximum absolute atomic E-state index is 13.8. The fourth-order valence-corrected chi connectivity index (χ4v) is 11.2. The van der Waals surface area contributed by atoms with Crippen molar-refractivity contribution in [2.75, 3.05) is 39.8 Å². The van der Waals surface area contributed by atoms with Crippen LogP contribution in [0.3, 0.4) is 0 Å². The van der Waals surface area contributed by atoms with E-state index in [9.17, 15) is 24.9 Å². The Balaban J connectivity index is 1.65. The molecule has 204 valence electrons. The normalized spacial score (nSPS) is 46.8. The first-order valence-corrected chi connectivity index (χ1v) is 14.3. The minimum Gasteiger partial charge on any atom is -0.545 e. The Morgan fingerprint density at radius 2 is 2.00 bits per heavy atom. The summed E-state index contributed by atoms with van der Waals surface area (Å²) in [5, 5.41) is 38.3. The van der Waals surface area contributed by atoms with Crippen molar-refractivity contribution in [3.63, 3.8) is 0 Å². The number of ketones is 1. The third kappa shape index (κ3) is 2.87. The third-order valence-corrected chi connectivity index (χ3v) is 12.1. The number of allylic oxidation sites excluding steroid dienone is 1. The molecule has 9 heteroatoms. The van der Waals surface area contributed by atoms with Gasteiger partial charge in [0.1, 0.15) is 0 Å². The second-order valence-corrected chi connectivity index (χ2v) is 12.8. The van der Waals surface area contributed by atoms with Gasteiger partial charge in [0.05, 0.1) is 25.7 Å². The topological polar surface area (TPSA) is 153 Å². The number of carbonyl (C=O) groups is 2. The van der Waals surface area contributed by atoms with E-state index in [1.807, 2.05) is 0 Å². The van der Waals surface area contributed by atoms with Crippen molar-refractivity contribution in [3.8, 4) is 0 Å². The lowest BCUT2D eigenvalue weighted by Crippen LogP contribution is -3.19. The molecule has 5 fully saturated rings. The Bertz CT molecular complexity index is 1070. The summed E-state index contributed by atoms with van der Waals surface area (Å²) in [4.78, 5) is 32.1. The molecule has 37 heavy (non-hydrogen) atoms. The number of nitrogens with zero attached hydrogens (tertiary/aromatic N) is 1. The minimum absolute atomic E-state index is 0.0595. The average Bonchev–Trinajstić information content (AvgIpc) is 3.23. The van der Waals surface area contributed by atoms with Gasteiger partial charge in [-0.1, -0.05) is 12.0 Å². The molecule has 0 aromatic rings. The fourth-order valence-electron chi connectivity index (χ4n) is 11.2. The third-order valence-electron chi connectivity index (χ3n) is 12.1.